The van der Waals surface area contributed by atoms with Crippen molar-refractivity contribution >= 4 is 17.5 Å². The molecule has 27 heavy (non-hydrogen) atoms. The number of nitrogens with one attached hydrogen (secondary N) is 1. The lowest BCUT2D eigenvalue weighted by atomic mass is 10.1. The molecule has 2 aliphatic rings. The highest BCUT2D eigenvalue weighted by Gasteiger charge is 2.34. The molecular formula is C21H32N4O2. The molecule has 1 aromatic carbocycles. The van der Waals surface area contributed by atoms with Crippen LogP contribution in [0.2, 0.25) is 0 Å². The molecule has 148 valence electrons. The van der Waals surface area contributed by atoms with Gasteiger partial charge in [0.1, 0.15) is 0 Å². The van der Waals surface area contributed by atoms with E-state index in [1.54, 1.807) is 4.90 Å². The molecule has 1 unspecified atom stereocenters. The Labute approximate surface area is 162 Å². The van der Waals surface area contributed by atoms with Crippen LogP contribution in [0.25, 0.3) is 0 Å². The molecule has 2 saturated heterocycles. The van der Waals surface area contributed by atoms with Crippen molar-refractivity contribution in [1.29, 1.82) is 0 Å². The van der Waals surface area contributed by atoms with Gasteiger partial charge in [0.05, 0.1) is 5.92 Å². The second kappa shape index (κ2) is 9.33. The number of likely N-dealkylation sites (N-methyl/N-ethyl adjacent to an activating group) is 1. The highest BCUT2D eigenvalue weighted by molar-refractivity contribution is 6.00. The van der Waals surface area contributed by atoms with E-state index in [9.17, 15) is 9.59 Å². The summed E-state index contributed by atoms with van der Waals surface area (Å²) in [5.74, 6) is -0.196. The number of amides is 2. The third-order valence-electron chi connectivity index (χ3n) is 5.70. The zero-order valence-corrected chi connectivity index (χ0v) is 16.6. The first-order chi connectivity index (χ1) is 13.1. The number of hydrogen-bond donors (Lipinski definition) is 1. The van der Waals surface area contributed by atoms with Crippen LogP contribution in [0.4, 0.5) is 5.69 Å². The van der Waals surface area contributed by atoms with Crippen LogP contribution in [0, 0.1) is 5.92 Å². The predicted octanol–water partition coefficient (Wildman–Crippen LogP) is 1.36. The number of nitrogens with zero attached hydrogens (tertiary/aromatic N) is 3. The van der Waals surface area contributed by atoms with E-state index < -0.39 is 0 Å². The van der Waals surface area contributed by atoms with Crippen LogP contribution in [0.15, 0.2) is 24.3 Å². The molecule has 0 spiro atoms. The van der Waals surface area contributed by atoms with Crippen molar-refractivity contribution in [3.05, 3.63) is 29.8 Å². The Kier molecular flexibility index (Phi) is 6.85. The molecule has 0 aromatic heterocycles. The molecule has 1 N–H and O–H groups in total. The van der Waals surface area contributed by atoms with Crippen LogP contribution in [-0.2, 0) is 16.0 Å². The highest BCUT2D eigenvalue weighted by Crippen LogP contribution is 2.25. The average molecular weight is 373 g/mol. The number of rotatable bonds is 7. The van der Waals surface area contributed by atoms with Crippen molar-refractivity contribution in [2.45, 2.75) is 26.2 Å². The maximum absolute atomic E-state index is 12.5. The van der Waals surface area contributed by atoms with Crippen molar-refractivity contribution in [3.8, 4) is 0 Å². The maximum atomic E-state index is 12.5. The number of carbonyl (C=O) groups excluding carboxylic acids is 2. The minimum absolute atomic E-state index is 0.00871. The smallest absolute Gasteiger partial charge is 0.227 e. The van der Waals surface area contributed by atoms with Gasteiger partial charge in [-0.3, -0.25) is 9.59 Å². The van der Waals surface area contributed by atoms with Gasteiger partial charge in [-0.25, -0.2) is 0 Å². The molecule has 0 saturated carbocycles. The maximum Gasteiger partial charge on any atom is 0.227 e. The second-order valence-corrected chi connectivity index (χ2v) is 7.71. The van der Waals surface area contributed by atoms with Gasteiger partial charge in [0.15, 0.2) is 0 Å². The summed E-state index contributed by atoms with van der Waals surface area (Å²) in [5, 5.41) is 3.03. The van der Waals surface area contributed by atoms with Gasteiger partial charge in [0, 0.05) is 51.4 Å². The van der Waals surface area contributed by atoms with Crippen molar-refractivity contribution in [2.75, 3.05) is 57.8 Å². The topological polar surface area (TPSA) is 55.9 Å². The number of carbonyl (C=O) groups is 2. The predicted molar refractivity (Wildman–Crippen MR) is 108 cm³/mol. The number of benzene rings is 1. The molecule has 1 atom stereocenters. The molecule has 3 rings (SSSR count). The Morgan fingerprint density at radius 1 is 1.15 bits per heavy atom. The van der Waals surface area contributed by atoms with Gasteiger partial charge in [0.25, 0.3) is 0 Å². The lowest BCUT2D eigenvalue weighted by molar-refractivity contribution is -0.126. The van der Waals surface area contributed by atoms with E-state index in [1.165, 1.54) is 5.56 Å². The fourth-order valence-corrected chi connectivity index (χ4v) is 3.77. The van der Waals surface area contributed by atoms with Crippen LogP contribution < -0.4 is 10.2 Å². The number of aryl methyl sites for hydroxylation is 1. The summed E-state index contributed by atoms with van der Waals surface area (Å²) in [6, 6.07) is 8.06. The summed E-state index contributed by atoms with van der Waals surface area (Å²) in [5.41, 5.74) is 2.14. The van der Waals surface area contributed by atoms with Gasteiger partial charge >= 0.3 is 0 Å². The molecule has 1 aromatic rings. The lowest BCUT2D eigenvalue weighted by Crippen LogP contribution is -2.45. The number of piperazine rings is 1. The molecule has 0 aliphatic carbocycles. The lowest BCUT2D eigenvalue weighted by Gasteiger charge is -2.32. The Balaban J connectivity index is 1.40. The van der Waals surface area contributed by atoms with Gasteiger partial charge in [0.2, 0.25) is 11.8 Å². The van der Waals surface area contributed by atoms with Gasteiger partial charge < -0.3 is 20.0 Å². The molecule has 2 amide bonds. The van der Waals surface area contributed by atoms with Gasteiger partial charge in [-0.15, -0.1) is 0 Å². The summed E-state index contributed by atoms with van der Waals surface area (Å²) in [6.45, 7) is 8.74. The summed E-state index contributed by atoms with van der Waals surface area (Å²) >= 11 is 0. The fraction of sp³-hybridized carbons (Fsp3) is 0.619. The van der Waals surface area contributed by atoms with Crippen molar-refractivity contribution in [1.82, 2.24) is 15.1 Å². The molecule has 0 radical (unpaired) electrons. The van der Waals surface area contributed by atoms with E-state index in [0.717, 1.165) is 51.3 Å². The Morgan fingerprint density at radius 2 is 1.85 bits per heavy atom. The number of hydrogen-bond acceptors (Lipinski definition) is 4. The first-order valence-electron chi connectivity index (χ1n) is 10.1. The van der Waals surface area contributed by atoms with Gasteiger partial charge in [-0.05, 0) is 44.1 Å². The summed E-state index contributed by atoms with van der Waals surface area (Å²) in [7, 11) is 2.15. The van der Waals surface area contributed by atoms with E-state index in [-0.39, 0.29) is 17.7 Å². The van der Waals surface area contributed by atoms with Crippen molar-refractivity contribution in [2.24, 2.45) is 5.92 Å². The molecule has 2 fully saturated rings. The van der Waals surface area contributed by atoms with Crippen LogP contribution in [0.5, 0.6) is 0 Å². The standard InChI is InChI=1S/C21H32N4O2/c1-3-17-5-7-19(8-6-17)25-16-18(15-20(25)26)21(27)22-9-4-10-24-13-11-23(2)12-14-24/h5-8,18H,3-4,9-16H2,1-2H3,(H,22,27). The monoisotopic (exact) mass is 372 g/mol. The average Bonchev–Trinajstić information content (AvgIpc) is 3.08. The quantitative estimate of drug-likeness (QED) is 0.735. The minimum Gasteiger partial charge on any atom is -0.356 e. The SMILES string of the molecule is CCc1ccc(N2CC(C(=O)NCCCN3CCN(C)CC3)CC2=O)cc1. The Bertz CT molecular complexity index is 638. The molecule has 2 heterocycles. The summed E-state index contributed by atoms with van der Waals surface area (Å²) in [6.07, 6.45) is 2.24. The van der Waals surface area contributed by atoms with Crippen LogP contribution in [0.1, 0.15) is 25.3 Å². The van der Waals surface area contributed by atoms with E-state index in [2.05, 4.69) is 29.1 Å². The third-order valence-corrected chi connectivity index (χ3v) is 5.70. The van der Waals surface area contributed by atoms with E-state index in [4.69, 9.17) is 0 Å². The molecule has 6 nitrogen and oxygen atoms in total. The molecule has 0 bridgehead atoms. The Hall–Kier alpha value is -1.92. The summed E-state index contributed by atoms with van der Waals surface area (Å²) < 4.78 is 0. The first kappa shape index (κ1) is 19.8. The zero-order valence-electron chi connectivity index (χ0n) is 16.6. The molecule has 2 aliphatic heterocycles. The highest BCUT2D eigenvalue weighted by atomic mass is 16.2. The third kappa shape index (κ3) is 5.30. The Morgan fingerprint density at radius 3 is 2.52 bits per heavy atom. The van der Waals surface area contributed by atoms with Crippen LogP contribution >= 0.6 is 0 Å². The second-order valence-electron chi connectivity index (χ2n) is 7.71. The van der Waals surface area contributed by atoms with Crippen molar-refractivity contribution in [3.63, 3.8) is 0 Å². The summed E-state index contributed by atoms with van der Waals surface area (Å²) in [4.78, 5) is 31.3. The fourth-order valence-electron chi connectivity index (χ4n) is 3.77. The van der Waals surface area contributed by atoms with E-state index in [0.29, 0.717) is 19.5 Å². The number of anilines is 1. The first-order valence-corrected chi connectivity index (χ1v) is 10.1. The normalized spacial score (nSPS) is 21.6. The van der Waals surface area contributed by atoms with E-state index in [1.807, 2.05) is 24.3 Å². The largest absolute Gasteiger partial charge is 0.356 e. The molecular weight excluding hydrogens is 340 g/mol. The van der Waals surface area contributed by atoms with Crippen LogP contribution in [0.3, 0.4) is 0 Å². The van der Waals surface area contributed by atoms with Crippen molar-refractivity contribution < 1.29 is 9.59 Å². The van der Waals surface area contributed by atoms with Gasteiger partial charge in [-0.2, -0.15) is 0 Å². The minimum atomic E-state index is -0.244. The van der Waals surface area contributed by atoms with E-state index >= 15 is 0 Å². The zero-order chi connectivity index (χ0) is 19.2. The van der Waals surface area contributed by atoms with Crippen LogP contribution in [-0.4, -0.2) is 74.5 Å². The van der Waals surface area contributed by atoms with Gasteiger partial charge in [-0.1, -0.05) is 19.1 Å². The molecule has 6 heteroatoms.